The molecule has 0 atom stereocenters. The molecule has 3 nitrogen and oxygen atoms in total. The summed E-state index contributed by atoms with van der Waals surface area (Å²) in [7, 11) is 0. The Morgan fingerprint density at radius 1 is 1.28 bits per heavy atom. The topological polar surface area (TPSA) is 24.5 Å². The van der Waals surface area contributed by atoms with Crippen LogP contribution >= 0.6 is 15.9 Å². The predicted octanol–water partition coefficient (Wildman–Crippen LogP) is 2.01. The van der Waals surface area contributed by atoms with Gasteiger partial charge in [0.1, 0.15) is 5.82 Å². The van der Waals surface area contributed by atoms with Gasteiger partial charge >= 0.3 is 0 Å². The van der Waals surface area contributed by atoms with Crippen molar-refractivity contribution in [2.24, 2.45) is 0 Å². The third-order valence-corrected chi connectivity index (χ3v) is 3.42. The van der Waals surface area contributed by atoms with E-state index in [2.05, 4.69) is 26.1 Å². The van der Waals surface area contributed by atoms with Gasteiger partial charge in [0.2, 0.25) is 0 Å². The van der Waals surface area contributed by atoms with Crippen molar-refractivity contribution in [3.8, 4) is 0 Å². The second kappa shape index (κ2) is 7.19. The fraction of sp³-hybridized carbons (Fsp3) is 0.538. The van der Waals surface area contributed by atoms with E-state index in [1.165, 1.54) is 6.07 Å². The molecule has 0 radical (unpaired) electrons. The lowest BCUT2D eigenvalue weighted by Crippen LogP contribution is -2.40. The van der Waals surface area contributed by atoms with Gasteiger partial charge in [0.25, 0.3) is 0 Å². The van der Waals surface area contributed by atoms with Crippen molar-refractivity contribution < 1.29 is 9.13 Å². The van der Waals surface area contributed by atoms with Crippen LogP contribution in [0.5, 0.6) is 0 Å². The van der Waals surface area contributed by atoms with E-state index in [-0.39, 0.29) is 5.82 Å². The largest absolute Gasteiger partial charge is 0.379 e. The highest BCUT2D eigenvalue weighted by atomic mass is 79.9. The molecule has 1 aromatic rings. The third kappa shape index (κ3) is 4.65. The first-order valence-electron chi connectivity index (χ1n) is 6.20. The first-order valence-corrected chi connectivity index (χ1v) is 6.99. The van der Waals surface area contributed by atoms with Crippen LogP contribution in [0.15, 0.2) is 22.7 Å². The highest BCUT2D eigenvalue weighted by molar-refractivity contribution is 9.10. The maximum Gasteiger partial charge on any atom is 0.124 e. The van der Waals surface area contributed by atoms with Crippen molar-refractivity contribution in [2.75, 3.05) is 39.4 Å². The monoisotopic (exact) mass is 316 g/mol. The van der Waals surface area contributed by atoms with Crippen LogP contribution in [0.1, 0.15) is 5.56 Å². The Kier molecular flexibility index (Phi) is 5.56. The molecule has 1 aliphatic rings. The van der Waals surface area contributed by atoms with Crippen LogP contribution in [0.25, 0.3) is 0 Å². The van der Waals surface area contributed by atoms with Crippen molar-refractivity contribution in [2.45, 2.75) is 6.54 Å². The van der Waals surface area contributed by atoms with E-state index in [1.54, 1.807) is 6.07 Å². The highest BCUT2D eigenvalue weighted by Crippen LogP contribution is 2.14. The quantitative estimate of drug-likeness (QED) is 0.841. The number of hydrogen-bond acceptors (Lipinski definition) is 3. The van der Waals surface area contributed by atoms with Gasteiger partial charge in [-0.25, -0.2) is 4.39 Å². The van der Waals surface area contributed by atoms with E-state index in [9.17, 15) is 4.39 Å². The molecular weight excluding hydrogens is 299 g/mol. The zero-order valence-electron chi connectivity index (χ0n) is 10.3. The normalized spacial score (nSPS) is 17.0. The van der Waals surface area contributed by atoms with E-state index >= 15 is 0 Å². The average Bonchev–Trinajstić information content (AvgIpc) is 2.35. The first kappa shape index (κ1) is 13.9. The first-order chi connectivity index (χ1) is 8.74. The molecule has 1 N–H and O–H groups in total. The fourth-order valence-corrected chi connectivity index (χ4v) is 2.52. The van der Waals surface area contributed by atoms with E-state index in [0.717, 1.165) is 49.4 Å². The highest BCUT2D eigenvalue weighted by Gasteiger charge is 2.08. The third-order valence-electron chi connectivity index (χ3n) is 2.96. The van der Waals surface area contributed by atoms with Crippen LogP contribution in [0.2, 0.25) is 0 Å². The molecule has 0 bridgehead atoms. The fourth-order valence-electron chi connectivity index (χ4n) is 2.01. The molecule has 2 rings (SSSR count). The van der Waals surface area contributed by atoms with Crippen LogP contribution in [0.4, 0.5) is 4.39 Å². The average molecular weight is 317 g/mol. The van der Waals surface area contributed by atoms with Crippen LogP contribution in [0, 0.1) is 5.82 Å². The summed E-state index contributed by atoms with van der Waals surface area (Å²) in [5.74, 6) is -0.200. The molecule has 100 valence electrons. The Bertz CT molecular complexity index is 363. The van der Waals surface area contributed by atoms with Crippen molar-refractivity contribution in [3.05, 3.63) is 34.1 Å². The van der Waals surface area contributed by atoms with Gasteiger partial charge in [-0.1, -0.05) is 15.9 Å². The Hall–Kier alpha value is -0.490. The molecule has 18 heavy (non-hydrogen) atoms. The van der Waals surface area contributed by atoms with Crippen molar-refractivity contribution in [3.63, 3.8) is 0 Å². The second-order valence-electron chi connectivity index (χ2n) is 4.41. The van der Waals surface area contributed by atoms with Gasteiger partial charge in [0.15, 0.2) is 0 Å². The molecule has 0 unspecified atom stereocenters. The molecule has 1 heterocycles. The van der Waals surface area contributed by atoms with E-state index < -0.39 is 0 Å². The summed E-state index contributed by atoms with van der Waals surface area (Å²) in [5.41, 5.74) is 0.962. The summed E-state index contributed by atoms with van der Waals surface area (Å²) in [5, 5.41) is 3.33. The maximum absolute atomic E-state index is 13.1. The Labute approximate surface area is 115 Å². The van der Waals surface area contributed by atoms with Crippen LogP contribution < -0.4 is 5.32 Å². The number of nitrogens with one attached hydrogen (secondary N) is 1. The summed E-state index contributed by atoms with van der Waals surface area (Å²) in [6.07, 6.45) is 0. The summed E-state index contributed by atoms with van der Waals surface area (Å²) in [4.78, 5) is 2.37. The minimum Gasteiger partial charge on any atom is -0.379 e. The molecule has 1 aliphatic heterocycles. The molecule has 5 heteroatoms. The minimum absolute atomic E-state index is 0.200. The van der Waals surface area contributed by atoms with Gasteiger partial charge in [0, 0.05) is 37.2 Å². The van der Waals surface area contributed by atoms with Gasteiger partial charge in [-0.15, -0.1) is 0 Å². The molecule has 0 spiro atoms. The van der Waals surface area contributed by atoms with Gasteiger partial charge < -0.3 is 10.1 Å². The van der Waals surface area contributed by atoms with E-state index in [1.807, 2.05) is 6.07 Å². The van der Waals surface area contributed by atoms with E-state index in [4.69, 9.17) is 4.74 Å². The number of hydrogen-bond donors (Lipinski definition) is 1. The molecule has 0 aliphatic carbocycles. The Balaban J connectivity index is 1.68. The number of halogens is 2. The smallest absolute Gasteiger partial charge is 0.124 e. The predicted molar refractivity (Wildman–Crippen MR) is 73.1 cm³/mol. The van der Waals surface area contributed by atoms with Crippen molar-refractivity contribution in [1.82, 2.24) is 10.2 Å². The molecule has 1 saturated heterocycles. The van der Waals surface area contributed by atoms with Crippen molar-refractivity contribution in [1.29, 1.82) is 0 Å². The number of benzene rings is 1. The van der Waals surface area contributed by atoms with Gasteiger partial charge in [-0.3, -0.25) is 4.90 Å². The lowest BCUT2D eigenvalue weighted by Gasteiger charge is -2.26. The lowest BCUT2D eigenvalue weighted by atomic mass is 10.2. The number of rotatable bonds is 5. The molecule has 0 aromatic heterocycles. The summed E-state index contributed by atoms with van der Waals surface area (Å²) in [6.45, 7) is 6.29. The van der Waals surface area contributed by atoms with Crippen LogP contribution in [-0.2, 0) is 11.3 Å². The Morgan fingerprint density at radius 3 is 2.78 bits per heavy atom. The summed E-state index contributed by atoms with van der Waals surface area (Å²) >= 11 is 3.29. The summed E-state index contributed by atoms with van der Waals surface area (Å²) < 4.78 is 19.2. The van der Waals surface area contributed by atoms with Crippen LogP contribution in [0.3, 0.4) is 0 Å². The molecule has 1 fully saturated rings. The van der Waals surface area contributed by atoms with Gasteiger partial charge in [-0.05, 0) is 23.8 Å². The van der Waals surface area contributed by atoms with Crippen molar-refractivity contribution >= 4 is 15.9 Å². The maximum atomic E-state index is 13.1. The number of morpholine rings is 1. The van der Waals surface area contributed by atoms with Gasteiger partial charge in [-0.2, -0.15) is 0 Å². The zero-order chi connectivity index (χ0) is 12.8. The standard InChI is InChI=1S/C13H18BrFN2O/c14-12-7-11(8-13(15)9-12)10-16-1-2-17-3-5-18-6-4-17/h7-9,16H,1-6,10H2. The number of ether oxygens (including phenoxy) is 1. The second-order valence-corrected chi connectivity index (χ2v) is 5.32. The SMILES string of the molecule is Fc1cc(Br)cc(CNCCN2CCOCC2)c1. The lowest BCUT2D eigenvalue weighted by molar-refractivity contribution is 0.0384. The minimum atomic E-state index is -0.200. The molecular formula is C13H18BrFN2O. The molecule has 0 amide bonds. The zero-order valence-corrected chi connectivity index (χ0v) is 11.9. The van der Waals surface area contributed by atoms with E-state index in [0.29, 0.717) is 6.54 Å². The molecule has 1 aromatic carbocycles. The number of nitrogens with zero attached hydrogens (tertiary/aromatic N) is 1. The molecule has 0 saturated carbocycles. The van der Waals surface area contributed by atoms with Crippen LogP contribution in [-0.4, -0.2) is 44.3 Å². The Morgan fingerprint density at radius 2 is 2.06 bits per heavy atom. The van der Waals surface area contributed by atoms with Gasteiger partial charge in [0.05, 0.1) is 13.2 Å². The summed E-state index contributed by atoms with van der Waals surface area (Å²) in [6, 6.07) is 4.97.